The molecular formula is C42H45Cl2N5O6. The van der Waals surface area contributed by atoms with Crippen LogP contribution in [0.1, 0.15) is 68.3 Å². The summed E-state index contributed by atoms with van der Waals surface area (Å²) in [6, 6.07) is 11.1. The van der Waals surface area contributed by atoms with Crippen LogP contribution in [0.5, 0.6) is 11.5 Å². The number of aromatic carboxylic acids is 1. The molecule has 0 spiro atoms. The summed E-state index contributed by atoms with van der Waals surface area (Å²) in [6.07, 6.45) is 2.75. The van der Waals surface area contributed by atoms with Gasteiger partial charge in [-0.15, -0.1) is 0 Å². The van der Waals surface area contributed by atoms with Crippen LogP contribution in [-0.2, 0) is 25.3 Å². The third-order valence-corrected chi connectivity index (χ3v) is 11.6. The predicted molar refractivity (Wildman–Crippen MR) is 217 cm³/mol. The Hall–Kier alpha value is -4.97. The van der Waals surface area contributed by atoms with Gasteiger partial charge in [0.1, 0.15) is 23.8 Å². The molecule has 0 radical (unpaired) electrons. The van der Waals surface area contributed by atoms with E-state index in [1.54, 1.807) is 35.9 Å². The van der Waals surface area contributed by atoms with Crippen LogP contribution in [0.3, 0.4) is 0 Å². The van der Waals surface area contributed by atoms with E-state index in [0.717, 1.165) is 60.9 Å². The predicted octanol–water partition coefficient (Wildman–Crippen LogP) is 9.03. The molecule has 11 nitrogen and oxygen atoms in total. The van der Waals surface area contributed by atoms with E-state index in [1.165, 1.54) is 0 Å². The molecule has 0 saturated heterocycles. The average Bonchev–Trinajstić information content (AvgIpc) is 3.74. The highest BCUT2D eigenvalue weighted by Crippen LogP contribution is 2.46. The molecule has 7 rings (SSSR count). The number of halogens is 2. The van der Waals surface area contributed by atoms with Crippen molar-refractivity contribution in [2.45, 2.75) is 53.5 Å². The van der Waals surface area contributed by atoms with E-state index in [4.69, 9.17) is 42.5 Å². The monoisotopic (exact) mass is 785 g/mol. The van der Waals surface area contributed by atoms with Crippen LogP contribution in [0.15, 0.2) is 42.6 Å². The molecule has 0 aliphatic carbocycles. The summed E-state index contributed by atoms with van der Waals surface area (Å²) in [7, 11) is 5.30. The molecule has 6 aromatic rings. The number of aryl methyl sites for hydroxylation is 6. The van der Waals surface area contributed by atoms with Crippen molar-refractivity contribution in [3.63, 3.8) is 0 Å². The number of nitrogens with zero attached hydrogens (tertiary/aromatic N) is 5. The molecule has 1 aliphatic heterocycles. The number of fused-ring (bicyclic) bond motifs is 4. The maximum absolute atomic E-state index is 15.3. The minimum atomic E-state index is -1.07. The first-order valence-electron chi connectivity index (χ1n) is 18.3. The Kier molecular flexibility index (Phi) is 10.4. The van der Waals surface area contributed by atoms with Gasteiger partial charge < -0.3 is 33.4 Å². The van der Waals surface area contributed by atoms with Crippen LogP contribution >= 0.6 is 23.2 Å². The van der Waals surface area contributed by atoms with Crippen LogP contribution in [0.4, 0.5) is 5.69 Å². The summed E-state index contributed by atoms with van der Waals surface area (Å²) in [5, 5.41) is 17.6. The van der Waals surface area contributed by atoms with Gasteiger partial charge in [-0.3, -0.25) is 9.48 Å². The van der Waals surface area contributed by atoms with Crippen LogP contribution in [0.25, 0.3) is 32.9 Å². The lowest BCUT2D eigenvalue weighted by molar-refractivity contribution is 0.0698. The number of ether oxygens (including phenoxy) is 3. The molecule has 1 amide bonds. The van der Waals surface area contributed by atoms with E-state index in [-0.39, 0.29) is 24.1 Å². The Morgan fingerprint density at radius 2 is 1.62 bits per heavy atom. The number of carboxylic acids is 1. The van der Waals surface area contributed by atoms with Crippen LogP contribution in [-0.4, -0.2) is 69.4 Å². The van der Waals surface area contributed by atoms with Gasteiger partial charge in [0.15, 0.2) is 0 Å². The zero-order valence-corrected chi connectivity index (χ0v) is 33.9. The van der Waals surface area contributed by atoms with Crippen LogP contribution < -0.4 is 14.4 Å². The van der Waals surface area contributed by atoms with E-state index >= 15 is 4.79 Å². The summed E-state index contributed by atoms with van der Waals surface area (Å²) < 4.78 is 23.2. The van der Waals surface area contributed by atoms with Gasteiger partial charge in [-0.05, 0) is 88.4 Å². The quantitative estimate of drug-likeness (QED) is 0.123. The number of carbonyl (C=O) groups is 2. The van der Waals surface area contributed by atoms with Gasteiger partial charge in [-0.1, -0.05) is 29.3 Å². The topological polar surface area (TPSA) is 113 Å². The van der Waals surface area contributed by atoms with Crippen molar-refractivity contribution >= 4 is 62.6 Å². The maximum Gasteiger partial charge on any atom is 0.337 e. The van der Waals surface area contributed by atoms with Gasteiger partial charge in [0.25, 0.3) is 5.91 Å². The molecule has 4 heterocycles. The molecule has 0 saturated carbocycles. The lowest BCUT2D eigenvalue weighted by Crippen LogP contribution is -2.43. The fourth-order valence-corrected chi connectivity index (χ4v) is 8.49. The molecule has 13 heteroatoms. The number of methoxy groups -OCH3 is 1. The smallest absolute Gasteiger partial charge is 0.337 e. The Balaban J connectivity index is 1.39. The van der Waals surface area contributed by atoms with Crippen LogP contribution in [0, 0.1) is 27.7 Å². The van der Waals surface area contributed by atoms with Gasteiger partial charge >= 0.3 is 5.97 Å². The Morgan fingerprint density at radius 3 is 2.27 bits per heavy atom. The van der Waals surface area contributed by atoms with Crippen molar-refractivity contribution in [2.75, 3.05) is 38.4 Å². The number of benzene rings is 3. The standard InChI is InChI=1S/C42H45Cl2N5O6/c1-22-16-27(17-23(2)37(22)44)54-13-9-10-29-30-11-12-33(43)36(35-25(4)45-47(7)26(35)5)39(30)49-24(3)20-48(41(50)40(29)49)34-19-28(55-15-14-53-8)18-31-32(42(51)52)21-46(6)38(31)34/h11-12,16-19,21,24H,9-10,13-15,20H2,1-8H3,(H,51,52)/t24-/m1/s1. The Morgan fingerprint density at radius 1 is 0.927 bits per heavy atom. The second-order valence-corrected chi connectivity index (χ2v) is 15.2. The number of hydrogen-bond donors (Lipinski definition) is 1. The zero-order chi connectivity index (χ0) is 39.5. The highest BCUT2D eigenvalue weighted by molar-refractivity contribution is 6.35. The van der Waals surface area contributed by atoms with Crippen molar-refractivity contribution in [1.82, 2.24) is 18.9 Å². The lowest BCUT2D eigenvalue weighted by Gasteiger charge is -2.35. The Labute approximate surface area is 329 Å². The van der Waals surface area contributed by atoms with E-state index in [2.05, 4.69) is 11.5 Å². The lowest BCUT2D eigenvalue weighted by atomic mass is 9.98. The maximum atomic E-state index is 15.3. The number of aromatic nitrogens is 4. The first-order valence-corrected chi connectivity index (χ1v) is 19.0. The van der Waals surface area contributed by atoms with E-state index in [1.807, 2.05) is 69.8 Å². The Bertz CT molecular complexity index is 2490. The fraction of sp³-hybridized carbons (Fsp3) is 0.357. The van der Waals surface area contributed by atoms with Crippen molar-refractivity contribution in [3.8, 4) is 22.6 Å². The van der Waals surface area contributed by atoms with Gasteiger partial charge in [-0.2, -0.15) is 5.10 Å². The minimum absolute atomic E-state index is 0.121. The van der Waals surface area contributed by atoms with Gasteiger partial charge in [-0.25, -0.2) is 4.79 Å². The summed E-state index contributed by atoms with van der Waals surface area (Å²) >= 11 is 13.5. The van der Waals surface area contributed by atoms with Crippen molar-refractivity contribution in [3.05, 3.63) is 92.0 Å². The molecule has 0 bridgehead atoms. The number of rotatable bonds is 12. The summed E-state index contributed by atoms with van der Waals surface area (Å²) in [6.45, 7) is 11.4. The number of hydrogen-bond acceptors (Lipinski definition) is 6. The fourth-order valence-electron chi connectivity index (χ4n) is 8.14. The molecular weight excluding hydrogens is 741 g/mol. The molecule has 3 aromatic carbocycles. The first kappa shape index (κ1) is 38.3. The van der Waals surface area contributed by atoms with Crippen molar-refractivity contribution < 1.29 is 28.9 Å². The first-order chi connectivity index (χ1) is 26.2. The van der Waals surface area contributed by atoms with Gasteiger partial charge in [0.05, 0.1) is 46.2 Å². The van der Waals surface area contributed by atoms with Gasteiger partial charge in [0, 0.05) is 78.7 Å². The van der Waals surface area contributed by atoms with E-state index < -0.39 is 5.97 Å². The normalized spacial score (nSPS) is 14.3. The van der Waals surface area contributed by atoms with Crippen LogP contribution in [0.2, 0.25) is 10.0 Å². The molecule has 288 valence electrons. The molecule has 1 aliphatic rings. The summed E-state index contributed by atoms with van der Waals surface area (Å²) in [5.41, 5.74) is 9.13. The molecule has 1 N–H and O–H groups in total. The number of carboxylic acid groups (broad SMARTS) is 1. The average molecular weight is 787 g/mol. The van der Waals surface area contributed by atoms with Gasteiger partial charge in [0.2, 0.25) is 0 Å². The largest absolute Gasteiger partial charge is 0.494 e. The summed E-state index contributed by atoms with van der Waals surface area (Å²) in [4.78, 5) is 29.4. The second-order valence-electron chi connectivity index (χ2n) is 14.4. The number of anilines is 1. The second kappa shape index (κ2) is 14.9. The highest BCUT2D eigenvalue weighted by Gasteiger charge is 2.38. The third-order valence-electron chi connectivity index (χ3n) is 10.7. The molecule has 1 atom stereocenters. The van der Waals surface area contributed by atoms with E-state index in [0.29, 0.717) is 65.7 Å². The molecule has 3 aromatic heterocycles. The third kappa shape index (κ3) is 6.62. The number of carbonyl (C=O) groups excluding carboxylic acids is 1. The minimum Gasteiger partial charge on any atom is -0.494 e. The number of amides is 1. The summed E-state index contributed by atoms with van der Waals surface area (Å²) in [5.74, 6) is -0.0795. The SMILES string of the molecule is COCCOc1cc(N2C[C@@H](C)n3c(c(CCCOc4cc(C)c(Cl)c(C)c4)c4ccc(Cl)c(-c5c(C)nn(C)c5C)c43)C2=O)c2c(c1)c(C(=O)O)cn2C. The highest BCUT2D eigenvalue weighted by atomic mass is 35.5. The van der Waals surface area contributed by atoms with Crippen molar-refractivity contribution in [1.29, 1.82) is 0 Å². The molecule has 0 fully saturated rings. The molecule has 0 unspecified atom stereocenters. The molecule has 55 heavy (non-hydrogen) atoms. The van der Waals surface area contributed by atoms with E-state index in [9.17, 15) is 9.90 Å². The van der Waals surface area contributed by atoms with Crippen molar-refractivity contribution in [2.24, 2.45) is 14.1 Å². The zero-order valence-electron chi connectivity index (χ0n) is 32.3.